The van der Waals surface area contributed by atoms with Gasteiger partial charge in [0, 0.05) is 19.0 Å². The van der Waals surface area contributed by atoms with Crippen molar-refractivity contribution in [2.24, 2.45) is 0 Å². The van der Waals surface area contributed by atoms with Gasteiger partial charge in [-0.2, -0.15) is 8.42 Å². The molecule has 0 aliphatic heterocycles. The Morgan fingerprint density at radius 3 is 2.23 bits per heavy atom. The Kier molecular flexibility index (Phi) is 7.63. The fraction of sp³-hybridized carbons (Fsp3) is 0.409. The predicted octanol–water partition coefficient (Wildman–Crippen LogP) is 4.12. The van der Waals surface area contributed by atoms with Crippen molar-refractivity contribution in [1.82, 2.24) is 5.32 Å². The number of benzene rings is 2. The first-order chi connectivity index (χ1) is 13.8. The zero-order chi connectivity index (χ0) is 22.5. The van der Waals surface area contributed by atoms with Crippen molar-refractivity contribution in [3.63, 3.8) is 0 Å². The fourth-order valence-electron chi connectivity index (χ4n) is 2.59. The summed E-state index contributed by atoms with van der Waals surface area (Å²) in [7, 11) is -3.72. The van der Waals surface area contributed by atoms with Crippen LogP contribution in [0.3, 0.4) is 0 Å². The molecule has 0 saturated heterocycles. The molecule has 0 aliphatic rings. The minimum Gasteiger partial charge on any atom is -0.453 e. The highest BCUT2D eigenvalue weighted by atomic mass is 32.2. The molecule has 1 unspecified atom stereocenters. The number of nitrogens with one attached hydrogen (secondary N) is 1. The van der Waals surface area contributed by atoms with E-state index >= 15 is 0 Å². The number of carbonyl (C=O) groups excluding carboxylic acids is 1. The minimum absolute atomic E-state index is 0.179. The summed E-state index contributed by atoms with van der Waals surface area (Å²) in [6.07, 6.45) is 0.195. The van der Waals surface area contributed by atoms with Gasteiger partial charge in [0.25, 0.3) is 10.1 Å². The quantitative estimate of drug-likeness (QED) is 0.379. The third-order valence-corrected chi connectivity index (χ3v) is 4.53. The third-order valence-electron chi connectivity index (χ3n) is 3.95. The topological polar surface area (TPSA) is 90.9 Å². The molecule has 0 amide bonds. The van der Waals surface area contributed by atoms with Crippen LogP contribution in [0.25, 0.3) is 0 Å². The second-order valence-corrected chi connectivity index (χ2v) is 9.74. The summed E-state index contributed by atoms with van der Waals surface area (Å²) in [5.41, 5.74) is 1.38. The lowest BCUT2D eigenvalue weighted by molar-refractivity contribution is -0.132. The highest BCUT2D eigenvalue weighted by Crippen LogP contribution is 2.35. The lowest BCUT2D eigenvalue weighted by Crippen LogP contribution is -2.39. The average molecular weight is 436 g/mol. The number of ether oxygens (including phenoxy) is 2. The molecular formula is C22H29NO6S. The smallest absolute Gasteiger partial charge is 0.308 e. The molecule has 0 aromatic heterocycles. The van der Waals surface area contributed by atoms with Gasteiger partial charge in [-0.25, -0.2) is 0 Å². The van der Waals surface area contributed by atoms with Crippen molar-refractivity contribution in [1.29, 1.82) is 0 Å². The molecule has 0 bridgehead atoms. The third kappa shape index (κ3) is 8.14. The normalized spacial score (nSPS) is 13.0. The highest BCUT2D eigenvalue weighted by Gasteiger charge is 2.23. The van der Waals surface area contributed by atoms with Crippen LogP contribution in [0.5, 0.6) is 17.2 Å². The van der Waals surface area contributed by atoms with E-state index in [1.54, 1.807) is 18.2 Å². The summed E-state index contributed by atoms with van der Waals surface area (Å²) in [6, 6.07) is 12.3. The first-order valence-electron chi connectivity index (χ1n) is 9.52. The molecule has 1 N–H and O–H groups in total. The molecule has 1 atom stereocenters. The summed E-state index contributed by atoms with van der Waals surface area (Å²) in [5.74, 6) is 0.576. The molecule has 30 heavy (non-hydrogen) atoms. The van der Waals surface area contributed by atoms with Crippen LogP contribution in [0.4, 0.5) is 0 Å². The van der Waals surface area contributed by atoms with E-state index in [0.717, 1.165) is 11.8 Å². The molecule has 0 fully saturated rings. The molecule has 0 radical (unpaired) electrons. The molecule has 8 heteroatoms. The number of hydrogen-bond donors (Lipinski definition) is 1. The summed E-state index contributed by atoms with van der Waals surface area (Å²) in [6.45, 7) is 9.40. The molecule has 0 saturated carbocycles. The van der Waals surface area contributed by atoms with E-state index in [1.807, 2.05) is 52.0 Å². The first kappa shape index (κ1) is 23.9. The van der Waals surface area contributed by atoms with Crippen LogP contribution in [0.2, 0.25) is 0 Å². The maximum absolute atomic E-state index is 11.8. The first-order valence-corrected chi connectivity index (χ1v) is 11.3. The van der Waals surface area contributed by atoms with Crippen LogP contribution in [-0.2, 0) is 19.1 Å². The maximum atomic E-state index is 11.8. The molecular weight excluding hydrogens is 406 g/mol. The van der Waals surface area contributed by atoms with Crippen LogP contribution in [0.1, 0.15) is 44.9 Å². The van der Waals surface area contributed by atoms with Gasteiger partial charge < -0.3 is 14.8 Å². The molecule has 164 valence electrons. The Morgan fingerprint density at radius 2 is 1.70 bits per heavy atom. The van der Waals surface area contributed by atoms with Gasteiger partial charge in [0.15, 0.2) is 11.5 Å². The molecule has 2 aromatic carbocycles. The number of carbonyl (C=O) groups is 1. The number of esters is 1. The summed E-state index contributed by atoms with van der Waals surface area (Å²) in [4.78, 5) is 11.6. The molecule has 7 nitrogen and oxygen atoms in total. The van der Waals surface area contributed by atoms with Gasteiger partial charge in [0.05, 0.1) is 6.26 Å². The molecule has 2 aromatic rings. The van der Waals surface area contributed by atoms with E-state index in [-0.39, 0.29) is 17.8 Å². The molecule has 2 rings (SSSR count). The predicted molar refractivity (Wildman–Crippen MR) is 115 cm³/mol. The monoisotopic (exact) mass is 435 g/mol. The highest BCUT2D eigenvalue weighted by molar-refractivity contribution is 7.86. The Bertz CT molecular complexity index is 978. The van der Waals surface area contributed by atoms with Gasteiger partial charge in [-0.15, -0.1) is 0 Å². The van der Waals surface area contributed by atoms with Crippen molar-refractivity contribution in [2.45, 2.75) is 46.3 Å². The molecule has 0 heterocycles. The standard InChI is InChI=1S/C22H29NO6S/c1-15-7-10-18(11-8-15)28-19-12-9-17(13-20(19)27-16(2)24)21(29-30(6,25)26)14-23-22(3,4)5/h7-13,21,23H,14H2,1-6H3. The van der Waals surface area contributed by atoms with E-state index in [0.29, 0.717) is 17.1 Å². The average Bonchev–Trinajstić information content (AvgIpc) is 2.60. The van der Waals surface area contributed by atoms with Crippen molar-refractivity contribution in [2.75, 3.05) is 12.8 Å². The zero-order valence-electron chi connectivity index (χ0n) is 18.2. The van der Waals surface area contributed by atoms with Crippen LogP contribution in [-0.4, -0.2) is 32.7 Å². The minimum atomic E-state index is -3.72. The van der Waals surface area contributed by atoms with Gasteiger partial charge in [-0.3, -0.25) is 8.98 Å². The summed E-state index contributed by atoms with van der Waals surface area (Å²) in [5, 5.41) is 3.23. The van der Waals surface area contributed by atoms with E-state index < -0.39 is 22.2 Å². The maximum Gasteiger partial charge on any atom is 0.308 e. The second kappa shape index (κ2) is 9.59. The van der Waals surface area contributed by atoms with Crippen molar-refractivity contribution in [3.05, 3.63) is 53.6 Å². The SMILES string of the molecule is CC(=O)Oc1cc(C(CNC(C)(C)C)OS(C)(=O)=O)ccc1Oc1ccc(C)cc1. The molecule has 0 spiro atoms. The fourth-order valence-corrected chi connectivity index (χ4v) is 3.20. The van der Waals surface area contributed by atoms with Gasteiger partial charge in [-0.1, -0.05) is 23.8 Å². The largest absolute Gasteiger partial charge is 0.453 e. The summed E-state index contributed by atoms with van der Waals surface area (Å²) < 4.78 is 40.0. The lowest BCUT2D eigenvalue weighted by atomic mass is 10.1. The van der Waals surface area contributed by atoms with Gasteiger partial charge in [0.1, 0.15) is 11.9 Å². The van der Waals surface area contributed by atoms with Crippen molar-refractivity contribution in [3.8, 4) is 17.2 Å². The Balaban J connectivity index is 2.39. The van der Waals surface area contributed by atoms with Crippen LogP contribution in [0, 0.1) is 6.92 Å². The van der Waals surface area contributed by atoms with E-state index in [9.17, 15) is 13.2 Å². The van der Waals surface area contributed by atoms with E-state index in [1.165, 1.54) is 6.92 Å². The Morgan fingerprint density at radius 1 is 1.07 bits per heavy atom. The van der Waals surface area contributed by atoms with Crippen LogP contribution in [0.15, 0.2) is 42.5 Å². The zero-order valence-corrected chi connectivity index (χ0v) is 19.0. The van der Waals surface area contributed by atoms with Gasteiger partial charge in [-0.05, 0) is 57.5 Å². The van der Waals surface area contributed by atoms with Crippen LogP contribution >= 0.6 is 0 Å². The van der Waals surface area contributed by atoms with Gasteiger partial charge in [0.2, 0.25) is 0 Å². The number of rotatable bonds is 8. The molecule has 0 aliphatic carbocycles. The second-order valence-electron chi connectivity index (χ2n) is 8.13. The number of hydrogen-bond acceptors (Lipinski definition) is 7. The Labute approximate surface area is 178 Å². The van der Waals surface area contributed by atoms with Crippen molar-refractivity contribution < 1.29 is 26.9 Å². The Hall–Kier alpha value is -2.42. The van der Waals surface area contributed by atoms with E-state index in [4.69, 9.17) is 13.7 Å². The summed E-state index contributed by atoms with van der Waals surface area (Å²) >= 11 is 0. The van der Waals surface area contributed by atoms with Gasteiger partial charge >= 0.3 is 5.97 Å². The van der Waals surface area contributed by atoms with E-state index in [2.05, 4.69) is 5.32 Å². The van der Waals surface area contributed by atoms with Crippen molar-refractivity contribution >= 4 is 16.1 Å². The number of aryl methyl sites for hydroxylation is 1. The lowest BCUT2D eigenvalue weighted by Gasteiger charge is -2.25. The van der Waals surface area contributed by atoms with Crippen LogP contribution < -0.4 is 14.8 Å².